The Morgan fingerprint density at radius 3 is 2.08 bits per heavy atom. The summed E-state index contributed by atoms with van der Waals surface area (Å²) in [5.74, 6) is -0.834. The lowest BCUT2D eigenvalue weighted by Gasteiger charge is -2.22. The van der Waals surface area contributed by atoms with Gasteiger partial charge in [-0.25, -0.2) is 0 Å². The van der Waals surface area contributed by atoms with Gasteiger partial charge in [-0.1, -0.05) is 24.3 Å². The van der Waals surface area contributed by atoms with E-state index in [4.69, 9.17) is 11.5 Å². The van der Waals surface area contributed by atoms with Crippen molar-refractivity contribution in [2.45, 2.75) is 0 Å². The molecule has 0 spiro atoms. The average molecular weight is 345 g/mol. The smallest absolute Gasteiger partial charge is 0.208 e. The van der Waals surface area contributed by atoms with Gasteiger partial charge in [0.25, 0.3) is 0 Å². The molecule has 0 unspecified atom stereocenters. The number of nitrogens with zero attached hydrogens (tertiary/aromatic N) is 5. The van der Waals surface area contributed by atoms with E-state index < -0.39 is 11.6 Å². The third kappa shape index (κ3) is 1.86. The van der Waals surface area contributed by atoms with Crippen molar-refractivity contribution in [3.8, 4) is 17.5 Å². The Hall–Kier alpha value is -4.06. The summed E-state index contributed by atoms with van der Waals surface area (Å²) in [6.07, 6.45) is 0. The lowest BCUT2D eigenvalue weighted by Crippen LogP contribution is -2.25. The van der Waals surface area contributed by atoms with Crippen LogP contribution in [0.5, 0.6) is 0 Å². The van der Waals surface area contributed by atoms with Crippen LogP contribution in [0, 0.1) is 11.3 Å². The van der Waals surface area contributed by atoms with E-state index in [1.54, 1.807) is 31.3 Å². The largest absolute Gasteiger partial charge is 0.397 e. The van der Waals surface area contributed by atoms with Crippen molar-refractivity contribution in [1.82, 2.24) is 20.2 Å². The lowest BCUT2D eigenvalue weighted by atomic mass is 9.79. The number of anilines is 2. The zero-order chi connectivity index (χ0) is 18.6. The molecule has 0 radical (unpaired) electrons. The molecule has 0 amide bonds. The third-order valence-corrected chi connectivity index (χ3v) is 4.29. The van der Waals surface area contributed by atoms with Gasteiger partial charge in [-0.3, -0.25) is 9.59 Å². The number of nitriles is 1. The van der Waals surface area contributed by atoms with Crippen molar-refractivity contribution in [3.63, 3.8) is 0 Å². The number of aryl methyl sites for hydroxylation is 1. The minimum atomic E-state index is -0.449. The second-order valence-corrected chi connectivity index (χ2v) is 5.75. The summed E-state index contributed by atoms with van der Waals surface area (Å²) in [4.78, 5) is 27.1. The van der Waals surface area contributed by atoms with Crippen LogP contribution in [0.15, 0.2) is 24.3 Å². The number of fused-ring (bicyclic) bond motifs is 2. The molecule has 1 aliphatic rings. The first kappa shape index (κ1) is 15.5. The molecular weight excluding hydrogens is 334 g/mol. The van der Waals surface area contributed by atoms with Crippen molar-refractivity contribution >= 4 is 22.9 Å². The second kappa shape index (κ2) is 5.22. The highest BCUT2D eigenvalue weighted by Gasteiger charge is 2.36. The molecule has 3 aromatic rings. The number of benzene rings is 2. The number of aromatic nitrogens is 4. The fraction of sp³-hybridized carbons (Fsp3) is 0.0588. The molecule has 0 bridgehead atoms. The first-order valence-electron chi connectivity index (χ1n) is 7.53. The van der Waals surface area contributed by atoms with Crippen LogP contribution in [-0.4, -0.2) is 31.8 Å². The van der Waals surface area contributed by atoms with E-state index >= 15 is 0 Å². The fourth-order valence-electron chi connectivity index (χ4n) is 3.14. The summed E-state index contributed by atoms with van der Waals surface area (Å²) in [6.45, 7) is 0. The van der Waals surface area contributed by atoms with E-state index in [0.717, 1.165) is 0 Å². The van der Waals surface area contributed by atoms with Crippen molar-refractivity contribution in [1.29, 1.82) is 5.26 Å². The number of carbonyl (C=O) groups is 2. The Morgan fingerprint density at radius 1 is 1.00 bits per heavy atom. The quantitative estimate of drug-likeness (QED) is 0.478. The van der Waals surface area contributed by atoms with Crippen LogP contribution < -0.4 is 11.5 Å². The van der Waals surface area contributed by atoms with Gasteiger partial charge < -0.3 is 11.5 Å². The second-order valence-electron chi connectivity index (χ2n) is 5.75. The first-order chi connectivity index (χ1) is 12.5. The highest BCUT2D eigenvalue weighted by Crippen LogP contribution is 2.41. The molecule has 26 heavy (non-hydrogen) atoms. The summed E-state index contributed by atoms with van der Waals surface area (Å²) >= 11 is 0. The molecule has 1 aromatic heterocycles. The maximum Gasteiger partial charge on any atom is 0.208 e. The molecule has 9 nitrogen and oxygen atoms in total. The molecule has 4 N–H and O–H groups in total. The maximum absolute atomic E-state index is 13.0. The molecule has 2 aromatic carbocycles. The van der Waals surface area contributed by atoms with E-state index in [1.807, 2.05) is 6.07 Å². The number of hydrogen-bond acceptors (Lipinski definition) is 8. The SMILES string of the molecule is Cn1nnc(-c2c(N)c3c(c(N)c2C#N)C(=O)c2ccccc2C3=O)n1. The van der Waals surface area contributed by atoms with E-state index in [1.165, 1.54) is 4.80 Å². The molecule has 1 aliphatic carbocycles. The van der Waals surface area contributed by atoms with Crippen LogP contribution in [-0.2, 0) is 7.05 Å². The Kier molecular flexibility index (Phi) is 3.10. The fourth-order valence-corrected chi connectivity index (χ4v) is 3.14. The van der Waals surface area contributed by atoms with Gasteiger partial charge in [0.2, 0.25) is 5.82 Å². The van der Waals surface area contributed by atoms with Crippen LogP contribution in [0.1, 0.15) is 37.4 Å². The zero-order valence-electron chi connectivity index (χ0n) is 13.5. The van der Waals surface area contributed by atoms with Gasteiger partial charge in [0.05, 0.1) is 40.7 Å². The number of ketones is 2. The van der Waals surface area contributed by atoms with E-state index in [2.05, 4.69) is 15.4 Å². The number of carbonyl (C=O) groups excluding carboxylic acids is 2. The van der Waals surface area contributed by atoms with Gasteiger partial charge >= 0.3 is 0 Å². The predicted molar refractivity (Wildman–Crippen MR) is 91.1 cm³/mol. The van der Waals surface area contributed by atoms with Gasteiger partial charge in [-0.05, 0) is 5.21 Å². The minimum absolute atomic E-state index is 0.0346. The number of nitrogen functional groups attached to an aromatic ring is 2. The molecule has 0 saturated heterocycles. The van der Waals surface area contributed by atoms with E-state index in [-0.39, 0.29) is 50.6 Å². The van der Waals surface area contributed by atoms with Crippen LogP contribution >= 0.6 is 0 Å². The Bertz CT molecular complexity index is 1170. The van der Waals surface area contributed by atoms with Crippen molar-refractivity contribution in [2.24, 2.45) is 7.05 Å². The van der Waals surface area contributed by atoms with Gasteiger partial charge in [-0.2, -0.15) is 10.1 Å². The topological polar surface area (TPSA) is 154 Å². The van der Waals surface area contributed by atoms with Crippen molar-refractivity contribution in [2.75, 3.05) is 11.5 Å². The predicted octanol–water partition coefficient (Wildman–Crippen LogP) is 0.689. The zero-order valence-corrected chi connectivity index (χ0v) is 13.5. The highest BCUT2D eigenvalue weighted by molar-refractivity contribution is 6.32. The summed E-state index contributed by atoms with van der Waals surface area (Å²) in [5.41, 5.74) is 12.5. The molecule has 9 heteroatoms. The summed E-state index contributed by atoms with van der Waals surface area (Å²) in [5, 5.41) is 21.2. The van der Waals surface area contributed by atoms with Gasteiger partial charge in [0.1, 0.15) is 6.07 Å². The first-order valence-corrected chi connectivity index (χ1v) is 7.53. The maximum atomic E-state index is 13.0. The monoisotopic (exact) mass is 345 g/mol. The summed E-state index contributed by atoms with van der Waals surface area (Å²) in [6, 6.07) is 8.33. The molecule has 1 heterocycles. The molecule has 4 rings (SSSR count). The lowest BCUT2D eigenvalue weighted by molar-refractivity contribution is 0.0980. The molecule has 0 aliphatic heterocycles. The summed E-state index contributed by atoms with van der Waals surface area (Å²) < 4.78 is 0. The minimum Gasteiger partial charge on any atom is -0.397 e. The Morgan fingerprint density at radius 2 is 1.58 bits per heavy atom. The van der Waals surface area contributed by atoms with E-state index in [9.17, 15) is 14.9 Å². The molecule has 0 atom stereocenters. The molecule has 0 fully saturated rings. The highest BCUT2D eigenvalue weighted by atomic mass is 16.1. The van der Waals surface area contributed by atoms with Gasteiger partial charge in [-0.15, -0.1) is 10.2 Å². The summed E-state index contributed by atoms with van der Waals surface area (Å²) in [7, 11) is 1.55. The van der Waals surface area contributed by atoms with Crippen LogP contribution in [0.4, 0.5) is 11.4 Å². The van der Waals surface area contributed by atoms with Crippen LogP contribution in [0.2, 0.25) is 0 Å². The van der Waals surface area contributed by atoms with E-state index in [0.29, 0.717) is 0 Å². The number of hydrogen-bond donors (Lipinski definition) is 2. The van der Waals surface area contributed by atoms with Gasteiger partial charge in [0.15, 0.2) is 11.6 Å². The molecule has 126 valence electrons. The Balaban J connectivity index is 2.13. The molecule has 0 saturated carbocycles. The van der Waals surface area contributed by atoms with Crippen molar-refractivity contribution < 1.29 is 9.59 Å². The third-order valence-electron chi connectivity index (χ3n) is 4.29. The van der Waals surface area contributed by atoms with Crippen LogP contribution in [0.3, 0.4) is 0 Å². The average Bonchev–Trinajstić information content (AvgIpc) is 3.06. The molecular formula is C17H11N7O2. The van der Waals surface area contributed by atoms with Gasteiger partial charge in [0, 0.05) is 11.1 Å². The standard InChI is InChI=1S/C17H11N7O2/c1-24-22-17(21-23-24)10-9(6-18)13(19)11-12(14(10)20)16(26)8-5-3-2-4-7(8)15(11)25/h2-5H,19-20H2,1H3. The number of nitrogens with two attached hydrogens (primary N) is 2. The number of tetrazole rings is 1. The Labute approximate surface area is 146 Å². The van der Waals surface area contributed by atoms with Crippen LogP contribution in [0.25, 0.3) is 11.4 Å². The number of rotatable bonds is 1. The van der Waals surface area contributed by atoms with Crippen molar-refractivity contribution in [3.05, 3.63) is 52.1 Å². The normalized spacial score (nSPS) is 12.5.